The summed E-state index contributed by atoms with van der Waals surface area (Å²) in [5.41, 5.74) is 1.32. The molecule has 16 heavy (non-hydrogen) atoms. The molecule has 3 rings (SSSR count). The van der Waals surface area contributed by atoms with Gasteiger partial charge in [0.2, 0.25) is 0 Å². The van der Waals surface area contributed by atoms with E-state index in [1.165, 1.54) is 12.1 Å². The van der Waals surface area contributed by atoms with E-state index >= 15 is 0 Å². The van der Waals surface area contributed by atoms with Crippen LogP contribution < -0.4 is 5.48 Å². The van der Waals surface area contributed by atoms with Gasteiger partial charge in [0.1, 0.15) is 12.2 Å². The second kappa shape index (κ2) is 3.21. The highest BCUT2D eigenvalue weighted by Crippen LogP contribution is 2.53. The van der Waals surface area contributed by atoms with Gasteiger partial charge in [-0.3, -0.25) is 4.84 Å². The second-order valence-corrected chi connectivity index (χ2v) is 4.31. The van der Waals surface area contributed by atoms with Crippen LogP contribution in [0.25, 0.3) is 0 Å². The highest BCUT2D eigenvalue weighted by Gasteiger charge is 2.62. The Bertz CT molecular complexity index is 439. The summed E-state index contributed by atoms with van der Waals surface area (Å²) < 4.78 is 39.9. The molecule has 1 aromatic carbocycles. The number of alkyl halides is 1. The van der Waals surface area contributed by atoms with Gasteiger partial charge in [-0.25, -0.2) is 13.2 Å². The van der Waals surface area contributed by atoms with E-state index in [4.69, 9.17) is 4.84 Å². The molecular weight excluding hydrogens is 219 g/mol. The first-order valence-corrected chi connectivity index (χ1v) is 5.12. The topological polar surface area (TPSA) is 21.3 Å². The molecule has 3 atom stereocenters. The highest BCUT2D eigenvalue weighted by atomic mass is 19.2. The van der Waals surface area contributed by atoms with Gasteiger partial charge in [0, 0.05) is 11.5 Å². The Hall–Kier alpha value is -1.07. The van der Waals surface area contributed by atoms with E-state index in [1.807, 2.05) is 0 Å². The number of rotatable bonds is 2. The summed E-state index contributed by atoms with van der Waals surface area (Å²) in [6.45, 7) is -0.811. The van der Waals surface area contributed by atoms with Gasteiger partial charge in [-0.15, -0.1) is 0 Å². The molecule has 5 heteroatoms. The van der Waals surface area contributed by atoms with Crippen LogP contribution in [0.1, 0.15) is 12.0 Å². The van der Waals surface area contributed by atoms with Crippen LogP contribution in [0.15, 0.2) is 18.2 Å². The molecule has 0 spiro atoms. The van der Waals surface area contributed by atoms with Crippen molar-refractivity contribution in [2.24, 2.45) is 5.92 Å². The third-order valence-electron chi connectivity index (χ3n) is 3.40. The van der Waals surface area contributed by atoms with E-state index in [-0.39, 0.29) is 17.6 Å². The SMILES string of the molecule is FC[C@]1(c2cccc(F)c2F)NO[C@@H]2CC21. The monoisotopic (exact) mass is 229 g/mol. The quantitative estimate of drug-likeness (QED) is 0.838. The smallest absolute Gasteiger partial charge is 0.164 e. The molecule has 1 saturated heterocycles. The molecule has 1 aliphatic carbocycles. The predicted octanol–water partition coefficient (Wildman–Crippen LogP) is 2.05. The molecule has 1 aromatic rings. The van der Waals surface area contributed by atoms with E-state index in [9.17, 15) is 13.2 Å². The molecule has 0 amide bonds. The van der Waals surface area contributed by atoms with Gasteiger partial charge in [-0.2, -0.15) is 5.48 Å². The average Bonchev–Trinajstić information content (AvgIpc) is 2.99. The van der Waals surface area contributed by atoms with E-state index in [1.54, 1.807) is 0 Å². The van der Waals surface area contributed by atoms with E-state index < -0.39 is 23.8 Å². The van der Waals surface area contributed by atoms with Gasteiger partial charge >= 0.3 is 0 Å². The molecule has 1 aliphatic heterocycles. The summed E-state index contributed by atoms with van der Waals surface area (Å²) in [5, 5.41) is 0. The highest BCUT2D eigenvalue weighted by molar-refractivity contribution is 5.32. The Labute approximate surface area is 90.4 Å². The summed E-state index contributed by atoms with van der Waals surface area (Å²) in [7, 11) is 0. The molecule has 86 valence electrons. The van der Waals surface area contributed by atoms with Crippen molar-refractivity contribution >= 4 is 0 Å². The second-order valence-electron chi connectivity index (χ2n) is 4.31. The molecule has 1 unspecified atom stereocenters. The molecule has 2 nitrogen and oxygen atoms in total. The number of nitrogens with one attached hydrogen (secondary N) is 1. The fraction of sp³-hybridized carbons (Fsp3) is 0.455. The van der Waals surface area contributed by atoms with Crippen LogP contribution in [0.5, 0.6) is 0 Å². The summed E-state index contributed by atoms with van der Waals surface area (Å²) in [4.78, 5) is 5.10. The van der Waals surface area contributed by atoms with Crippen molar-refractivity contribution in [1.29, 1.82) is 0 Å². The Morgan fingerprint density at radius 3 is 2.81 bits per heavy atom. The summed E-state index contributed by atoms with van der Waals surface area (Å²) in [6, 6.07) is 3.79. The maximum Gasteiger partial charge on any atom is 0.164 e. The predicted molar refractivity (Wildman–Crippen MR) is 50.1 cm³/mol. The first-order chi connectivity index (χ1) is 7.69. The molecule has 0 radical (unpaired) electrons. The summed E-state index contributed by atoms with van der Waals surface area (Å²) in [6.07, 6.45) is 0.616. The van der Waals surface area contributed by atoms with Crippen molar-refractivity contribution in [2.75, 3.05) is 6.67 Å². The van der Waals surface area contributed by atoms with Gasteiger partial charge < -0.3 is 0 Å². The number of fused-ring (bicyclic) bond motifs is 1. The molecule has 1 heterocycles. The largest absolute Gasteiger partial charge is 0.297 e. The van der Waals surface area contributed by atoms with Crippen molar-refractivity contribution in [2.45, 2.75) is 18.1 Å². The maximum atomic E-state index is 13.6. The summed E-state index contributed by atoms with van der Waals surface area (Å²) >= 11 is 0. The van der Waals surface area contributed by atoms with E-state index in [0.29, 0.717) is 6.42 Å². The van der Waals surface area contributed by atoms with Crippen LogP contribution in [0.4, 0.5) is 13.2 Å². The Morgan fingerprint density at radius 1 is 1.44 bits per heavy atom. The fourth-order valence-corrected chi connectivity index (χ4v) is 2.38. The van der Waals surface area contributed by atoms with Crippen LogP contribution in [0.2, 0.25) is 0 Å². The Kier molecular flexibility index (Phi) is 2.03. The van der Waals surface area contributed by atoms with Crippen LogP contribution in [-0.2, 0) is 10.4 Å². The minimum atomic E-state index is -1.21. The fourth-order valence-electron chi connectivity index (χ4n) is 2.38. The van der Waals surface area contributed by atoms with Crippen molar-refractivity contribution in [3.8, 4) is 0 Å². The van der Waals surface area contributed by atoms with Crippen LogP contribution in [0, 0.1) is 17.6 Å². The molecule has 1 saturated carbocycles. The Balaban J connectivity index is 2.10. The van der Waals surface area contributed by atoms with Crippen molar-refractivity contribution in [3.05, 3.63) is 35.4 Å². The third-order valence-corrected chi connectivity index (χ3v) is 3.40. The van der Waals surface area contributed by atoms with Gasteiger partial charge in [0.15, 0.2) is 11.6 Å². The van der Waals surface area contributed by atoms with Crippen molar-refractivity contribution < 1.29 is 18.0 Å². The lowest BCUT2D eigenvalue weighted by Gasteiger charge is -2.27. The summed E-state index contributed by atoms with van der Waals surface area (Å²) in [5.74, 6) is -2.06. The molecule has 0 aromatic heterocycles. The van der Waals surface area contributed by atoms with Crippen molar-refractivity contribution in [3.63, 3.8) is 0 Å². The Morgan fingerprint density at radius 2 is 2.25 bits per heavy atom. The lowest BCUT2D eigenvalue weighted by molar-refractivity contribution is 0.00706. The maximum absolute atomic E-state index is 13.6. The normalized spacial score (nSPS) is 36.2. The van der Waals surface area contributed by atoms with Crippen LogP contribution >= 0.6 is 0 Å². The standard InChI is InChI=1S/C11H10F3NO/c12-5-11(7-4-9(7)16-15-11)6-2-1-3-8(13)10(6)14/h1-3,7,9,15H,4-5H2/t7?,9-,11-/m1/s1. The number of hydrogen-bond acceptors (Lipinski definition) is 2. The van der Waals surface area contributed by atoms with Crippen LogP contribution in [-0.4, -0.2) is 12.8 Å². The van der Waals surface area contributed by atoms with Crippen molar-refractivity contribution in [1.82, 2.24) is 5.48 Å². The molecule has 0 bridgehead atoms. The first-order valence-electron chi connectivity index (χ1n) is 5.12. The molecule has 1 N–H and O–H groups in total. The minimum absolute atomic E-state index is 0.0139. The minimum Gasteiger partial charge on any atom is -0.297 e. The van der Waals surface area contributed by atoms with E-state index in [0.717, 1.165) is 6.07 Å². The molecular formula is C11H10F3NO. The lowest BCUT2D eigenvalue weighted by atomic mass is 9.87. The third kappa shape index (κ3) is 1.15. The average molecular weight is 229 g/mol. The number of hydrogen-bond donors (Lipinski definition) is 1. The number of halogens is 3. The van der Waals surface area contributed by atoms with E-state index in [2.05, 4.69) is 5.48 Å². The van der Waals surface area contributed by atoms with Gasteiger partial charge in [-0.1, -0.05) is 12.1 Å². The number of hydroxylamine groups is 1. The first kappa shape index (κ1) is 10.1. The lowest BCUT2D eigenvalue weighted by Crippen LogP contribution is -2.43. The van der Waals surface area contributed by atoms with Gasteiger partial charge in [0.25, 0.3) is 0 Å². The molecule has 2 fully saturated rings. The van der Waals surface area contributed by atoms with Gasteiger partial charge in [-0.05, 0) is 12.5 Å². The zero-order chi connectivity index (χ0) is 11.3. The zero-order valence-corrected chi connectivity index (χ0v) is 8.34. The zero-order valence-electron chi connectivity index (χ0n) is 8.34. The van der Waals surface area contributed by atoms with Gasteiger partial charge in [0.05, 0.1) is 6.10 Å². The molecule has 2 aliphatic rings. The van der Waals surface area contributed by atoms with Crippen LogP contribution in [0.3, 0.4) is 0 Å². The number of benzene rings is 1.